The van der Waals surface area contributed by atoms with Gasteiger partial charge in [-0.15, -0.1) is 5.10 Å². The topological polar surface area (TPSA) is 106 Å². The Labute approximate surface area is 133 Å². The Balaban J connectivity index is 2.09. The van der Waals surface area contributed by atoms with E-state index < -0.39 is 12.0 Å². The van der Waals surface area contributed by atoms with Gasteiger partial charge in [0.1, 0.15) is 11.8 Å². The Bertz CT molecular complexity index is 709. The lowest BCUT2D eigenvalue weighted by atomic mass is 10.2. The molecule has 23 heavy (non-hydrogen) atoms. The minimum atomic E-state index is -1.17. The lowest BCUT2D eigenvalue weighted by Gasteiger charge is -2.14. The molecule has 2 N–H and O–H groups in total. The molecule has 0 spiro atoms. The first kappa shape index (κ1) is 16.5. The lowest BCUT2D eigenvalue weighted by molar-refractivity contribution is -0.119. The Kier molecular flexibility index (Phi) is 4.95. The van der Waals surface area contributed by atoms with Gasteiger partial charge in [0.2, 0.25) is 5.91 Å². The molecule has 0 fully saturated rings. The fraction of sp³-hybridized carbons (Fsp3) is 0.333. The fourth-order valence-electron chi connectivity index (χ4n) is 2.07. The van der Waals surface area contributed by atoms with Gasteiger partial charge in [-0.3, -0.25) is 4.79 Å². The summed E-state index contributed by atoms with van der Waals surface area (Å²) in [6, 6.07) is 6.28. The van der Waals surface area contributed by atoms with Crippen molar-refractivity contribution < 1.29 is 19.4 Å². The molecular weight excluding hydrogens is 300 g/mol. The van der Waals surface area contributed by atoms with Gasteiger partial charge >= 0.3 is 5.97 Å². The van der Waals surface area contributed by atoms with Gasteiger partial charge in [-0.25, -0.2) is 9.48 Å². The highest BCUT2D eigenvalue weighted by Crippen LogP contribution is 2.18. The molecule has 1 amide bonds. The quantitative estimate of drug-likeness (QED) is 0.842. The van der Waals surface area contributed by atoms with Crippen LogP contribution in [0.15, 0.2) is 24.3 Å². The van der Waals surface area contributed by atoms with Crippen molar-refractivity contribution in [1.29, 1.82) is 0 Å². The molecule has 122 valence electrons. The number of carbonyl (C=O) groups excluding carboxylic acids is 1. The molecule has 1 aromatic heterocycles. The minimum Gasteiger partial charge on any atom is -0.494 e. The second kappa shape index (κ2) is 6.91. The monoisotopic (exact) mass is 318 g/mol. The predicted octanol–water partition coefficient (Wildman–Crippen LogP) is 1.88. The largest absolute Gasteiger partial charge is 0.494 e. The van der Waals surface area contributed by atoms with Crippen molar-refractivity contribution in [3.05, 3.63) is 35.7 Å². The zero-order chi connectivity index (χ0) is 17.0. The average molecular weight is 318 g/mol. The highest BCUT2D eigenvalue weighted by atomic mass is 16.5. The summed E-state index contributed by atoms with van der Waals surface area (Å²) in [5.41, 5.74) is 0.777. The Morgan fingerprint density at radius 2 is 2.00 bits per heavy atom. The molecule has 0 saturated carbocycles. The molecule has 0 bridgehead atoms. The number of ether oxygens (including phenoxy) is 1. The number of anilines is 1. The van der Waals surface area contributed by atoms with E-state index in [1.54, 1.807) is 38.1 Å². The first-order chi connectivity index (χ1) is 10.9. The van der Waals surface area contributed by atoms with Crippen LogP contribution in [0.5, 0.6) is 5.75 Å². The van der Waals surface area contributed by atoms with Gasteiger partial charge in [0.15, 0.2) is 5.69 Å². The number of rotatable bonds is 6. The molecule has 0 aliphatic rings. The molecule has 1 aromatic carbocycles. The summed E-state index contributed by atoms with van der Waals surface area (Å²) in [4.78, 5) is 23.3. The van der Waals surface area contributed by atoms with Crippen LogP contribution in [0, 0.1) is 6.92 Å². The van der Waals surface area contributed by atoms with Crippen molar-refractivity contribution in [3.8, 4) is 5.75 Å². The molecule has 1 unspecified atom stereocenters. The molecule has 0 aliphatic heterocycles. The van der Waals surface area contributed by atoms with E-state index in [-0.39, 0.29) is 11.6 Å². The summed E-state index contributed by atoms with van der Waals surface area (Å²) in [5.74, 6) is -0.774. The molecular formula is C15H18N4O4. The van der Waals surface area contributed by atoms with Gasteiger partial charge in [0, 0.05) is 5.69 Å². The summed E-state index contributed by atoms with van der Waals surface area (Å²) < 4.78 is 6.62. The number of aromatic nitrogens is 3. The standard InChI is InChI=1S/C15H18N4O4/c1-4-23-12-7-5-11(6-8-12)16-14(20)10(3)19-9(2)13(15(21)22)17-18-19/h5-8,10H,4H2,1-3H3,(H,16,20)(H,21,22). The molecule has 2 aromatic rings. The maximum atomic E-state index is 12.3. The van der Waals surface area contributed by atoms with E-state index in [4.69, 9.17) is 9.84 Å². The number of amides is 1. The number of carboxylic acid groups (broad SMARTS) is 1. The third-order valence-corrected chi connectivity index (χ3v) is 3.31. The summed E-state index contributed by atoms with van der Waals surface area (Å²) in [5, 5.41) is 19.0. The second-order valence-corrected chi connectivity index (χ2v) is 4.90. The van der Waals surface area contributed by atoms with Crippen molar-refractivity contribution in [3.63, 3.8) is 0 Å². The zero-order valence-corrected chi connectivity index (χ0v) is 13.1. The van der Waals surface area contributed by atoms with Crippen LogP contribution in [-0.2, 0) is 4.79 Å². The molecule has 1 heterocycles. The molecule has 8 heteroatoms. The molecule has 2 rings (SSSR count). The van der Waals surface area contributed by atoms with Gasteiger partial charge in [0.25, 0.3) is 0 Å². The van der Waals surface area contributed by atoms with E-state index in [1.807, 2.05) is 6.92 Å². The third-order valence-electron chi connectivity index (χ3n) is 3.31. The minimum absolute atomic E-state index is 0.161. The van der Waals surface area contributed by atoms with Crippen LogP contribution < -0.4 is 10.1 Å². The summed E-state index contributed by atoms with van der Waals surface area (Å²) in [6.45, 7) is 5.64. The predicted molar refractivity (Wildman–Crippen MR) is 82.7 cm³/mol. The van der Waals surface area contributed by atoms with Crippen LogP contribution in [-0.4, -0.2) is 38.6 Å². The highest BCUT2D eigenvalue weighted by Gasteiger charge is 2.22. The van der Waals surface area contributed by atoms with Crippen LogP contribution in [0.3, 0.4) is 0 Å². The van der Waals surface area contributed by atoms with Crippen LogP contribution in [0.4, 0.5) is 5.69 Å². The normalized spacial score (nSPS) is 11.8. The van der Waals surface area contributed by atoms with Crippen LogP contribution in [0.25, 0.3) is 0 Å². The molecule has 0 saturated heterocycles. The van der Waals surface area contributed by atoms with Gasteiger partial charge in [-0.2, -0.15) is 0 Å². The molecule has 8 nitrogen and oxygen atoms in total. The van der Waals surface area contributed by atoms with E-state index in [1.165, 1.54) is 4.68 Å². The van der Waals surface area contributed by atoms with E-state index in [0.29, 0.717) is 18.0 Å². The van der Waals surface area contributed by atoms with E-state index in [2.05, 4.69) is 15.6 Å². The number of hydrogen-bond acceptors (Lipinski definition) is 5. The molecule has 0 radical (unpaired) electrons. The first-order valence-electron chi connectivity index (χ1n) is 7.12. The van der Waals surface area contributed by atoms with Crippen LogP contribution >= 0.6 is 0 Å². The lowest BCUT2D eigenvalue weighted by Crippen LogP contribution is -2.25. The Hall–Kier alpha value is -2.90. The van der Waals surface area contributed by atoms with E-state index in [9.17, 15) is 9.59 Å². The smallest absolute Gasteiger partial charge is 0.358 e. The maximum Gasteiger partial charge on any atom is 0.358 e. The number of benzene rings is 1. The van der Waals surface area contributed by atoms with Crippen molar-refractivity contribution in [2.45, 2.75) is 26.8 Å². The number of nitrogens with zero attached hydrogens (tertiary/aromatic N) is 3. The zero-order valence-electron chi connectivity index (χ0n) is 13.1. The second-order valence-electron chi connectivity index (χ2n) is 4.90. The number of nitrogens with one attached hydrogen (secondary N) is 1. The summed E-state index contributed by atoms with van der Waals surface area (Å²) >= 11 is 0. The van der Waals surface area contributed by atoms with Gasteiger partial charge in [0.05, 0.1) is 12.3 Å². The summed E-state index contributed by atoms with van der Waals surface area (Å²) in [7, 11) is 0. The Morgan fingerprint density at radius 3 is 2.52 bits per heavy atom. The van der Waals surface area contributed by atoms with Gasteiger partial charge in [-0.1, -0.05) is 5.21 Å². The number of aromatic carboxylic acids is 1. The van der Waals surface area contributed by atoms with Crippen molar-refractivity contribution in [2.24, 2.45) is 0 Å². The number of carbonyl (C=O) groups is 2. The SMILES string of the molecule is CCOc1ccc(NC(=O)C(C)n2nnc(C(=O)O)c2C)cc1. The van der Waals surface area contributed by atoms with E-state index in [0.717, 1.165) is 5.75 Å². The van der Waals surface area contributed by atoms with Gasteiger partial charge in [-0.05, 0) is 45.0 Å². The molecule has 0 aliphatic carbocycles. The summed E-state index contributed by atoms with van der Waals surface area (Å²) in [6.07, 6.45) is 0. The van der Waals surface area contributed by atoms with Crippen LogP contribution in [0.1, 0.15) is 36.1 Å². The number of carboxylic acids is 1. The third kappa shape index (κ3) is 3.65. The van der Waals surface area contributed by atoms with Gasteiger partial charge < -0.3 is 15.2 Å². The van der Waals surface area contributed by atoms with Crippen molar-refractivity contribution >= 4 is 17.6 Å². The van der Waals surface area contributed by atoms with Crippen molar-refractivity contribution in [1.82, 2.24) is 15.0 Å². The van der Waals surface area contributed by atoms with E-state index >= 15 is 0 Å². The van der Waals surface area contributed by atoms with Crippen molar-refractivity contribution in [2.75, 3.05) is 11.9 Å². The maximum absolute atomic E-state index is 12.3. The highest BCUT2D eigenvalue weighted by molar-refractivity contribution is 5.93. The molecule has 1 atom stereocenters. The number of hydrogen-bond donors (Lipinski definition) is 2. The Morgan fingerprint density at radius 1 is 1.35 bits per heavy atom. The first-order valence-corrected chi connectivity index (χ1v) is 7.12. The average Bonchev–Trinajstić information content (AvgIpc) is 2.90. The fourth-order valence-corrected chi connectivity index (χ4v) is 2.07. The van der Waals surface area contributed by atoms with Crippen LogP contribution in [0.2, 0.25) is 0 Å².